The molecule has 3 nitrogen and oxygen atoms in total. The third kappa shape index (κ3) is 4.35. The van der Waals surface area contributed by atoms with Crippen LogP contribution in [0.5, 0.6) is 0 Å². The van der Waals surface area contributed by atoms with Crippen LogP contribution >= 0.6 is 34.3 Å². The van der Waals surface area contributed by atoms with E-state index in [1.54, 1.807) is 12.1 Å². The minimum Gasteiger partial charge on any atom is -0.290 e. The zero-order valence-electron chi connectivity index (χ0n) is 29.8. The summed E-state index contributed by atoms with van der Waals surface area (Å²) in [6, 6.07) is 52.7. The first kappa shape index (κ1) is 31.7. The van der Waals surface area contributed by atoms with Gasteiger partial charge < -0.3 is 0 Å². The maximum Gasteiger partial charge on any atom is 0.176 e. The number of thiophene rings is 2. The van der Waals surface area contributed by atoms with Gasteiger partial charge in [0.15, 0.2) is 11.0 Å². The smallest absolute Gasteiger partial charge is 0.176 e. The van der Waals surface area contributed by atoms with Gasteiger partial charge in [-0.1, -0.05) is 115 Å². The van der Waals surface area contributed by atoms with Gasteiger partial charge in [-0.2, -0.15) is 0 Å². The third-order valence-corrected chi connectivity index (χ3v) is 14.3. The molecule has 0 fully saturated rings. The molecule has 4 heterocycles. The van der Waals surface area contributed by atoms with Gasteiger partial charge in [0, 0.05) is 51.8 Å². The SMILES string of the molecule is Fc1ccc2c(ccc3nc(Cl)c(-n4c5ccccc5c5c6cc(-c7cccc8c7sc7ccccc78)ccc6c6c(sc7ccc8ccccc8c76)c54)nc32)c1. The highest BCUT2D eigenvalue weighted by Crippen LogP contribution is 2.51. The minimum atomic E-state index is -0.291. The van der Waals surface area contributed by atoms with Crippen molar-refractivity contribution in [1.82, 2.24) is 14.5 Å². The maximum atomic E-state index is 14.4. The van der Waals surface area contributed by atoms with Crippen molar-refractivity contribution in [3.8, 4) is 16.9 Å². The fourth-order valence-corrected chi connectivity index (χ4v) is 12.0. The van der Waals surface area contributed by atoms with E-state index in [0.29, 0.717) is 22.0 Å². The van der Waals surface area contributed by atoms with Crippen molar-refractivity contribution < 1.29 is 4.39 Å². The van der Waals surface area contributed by atoms with Gasteiger partial charge in [-0.3, -0.25) is 4.57 Å². The van der Waals surface area contributed by atoms with Gasteiger partial charge in [-0.15, -0.1) is 22.7 Å². The van der Waals surface area contributed by atoms with E-state index in [1.165, 1.54) is 74.4 Å². The molecule has 266 valence electrons. The standard InChI is InChI=1S/C50H25ClFN3S2/c51-49-50(54-45-31-21-19-29(52)24-27(31)17-22-38(45)53-49)55-39-14-5-3-11-36(39)42-37-25-28(32-12-7-13-35-33-10-4-6-15-40(33)56-47(32)35)16-20-34(37)44-43-30-9-2-1-8-26(30)18-23-41(43)57-48(44)46(42)55/h1-25H. The molecule has 0 bridgehead atoms. The highest BCUT2D eigenvalue weighted by atomic mass is 35.5. The first-order valence-electron chi connectivity index (χ1n) is 18.8. The Morgan fingerprint density at radius 1 is 0.509 bits per heavy atom. The van der Waals surface area contributed by atoms with Gasteiger partial charge in [-0.05, 0) is 86.6 Å². The van der Waals surface area contributed by atoms with E-state index in [1.807, 2.05) is 34.8 Å². The zero-order valence-corrected chi connectivity index (χ0v) is 32.2. The van der Waals surface area contributed by atoms with E-state index < -0.39 is 0 Å². The van der Waals surface area contributed by atoms with E-state index in [4.69, 9.17) is 21.6 Å². The third-order valence-electron chi connectivity index (χ3n) is 11.7. The Morgan fingerprint density at radius 3 is 2.21 bits per heavy atom. The summed E-state index contributed by atoms with van der Waals surface area (Å²) in [6.07, 6.45) is 0. The fourth-order valence-electron chi connectivity index (χ4n) is 9.28. The molecular weight excluding hydrogens is 761 g/mol. The number of halogens is 2. The van der Waals surface area contributed by atoms with Crippen LogP contribution in [0.4, 0.5) is 4.39 Å². The molecule has 0 aliphatic carbocycles. The van der Waals surface area contributed by atoms with Gasteiger partial charge in [0.05, 0.1) is 26.8 Å². The highest BCUT2D eigenvalue weighted by molar-refractivity contribution is 7.27. The van der Waals surface area contributed by atoms with E-state index in [-0.39, 0.29) is 5.82 Å². The Bertz CT molecular complexity index is 3920. The molecule has 4 aromatic heterocycles. The van der Waals surface area contributed by atoms with Gasteiger partial charge in [0.25, 0.3) is 0 Å². The summed E-state index contributed by atoms with van der Waals surface area (Å²) in [7, 11) is 0. The van der Waals surface area contributed by atoms with Crippen LogP contribution in [0.15, 0.2) is 152 Å². The molecule has 13 aromatic rings. The first-order chi connectivity index (χ1) is 28.1. The average molecular weight is 786 g/mol. The quantitative estimate of drug-likeness (QED) is 0.163. The monoisotopic (exact) mass is 785 g/mol. The van der Waals surface area contributed by atoms with Gasteiger partial charge >= 0.3 is 0 Å². The zero-order chi connectivity index (χ0) is 37.5. The molecule has 7 heteroatoms. The number of hydrogen-bond acceptors (Lipinski definition) is 4. The molecule has 0 N–H and O–H groups in total. The van der Waals surface area contributed by atoms with Crippen LogP contribution in [0.25, 0.3) is 122 Å². The molecule has 13 rings (SSSR count). The summed E-state index contributed by atoms with van der Waals surface area (Å²) in [5.74, 6) is 0.252. The first-order valence-corrected chi connectivity index (χ1v) is 20.8. The molecule has 0 saturated carbocycles. The molecule has 0 spiro atoms. The summed E-state index contributed by atoms with van der Waals surface area (Å²) in [5.41, 5.74) is 5.76. The Kier molecular flexibility index (Phi) is 6.43. The van der Waals surface area contributed by atoms with Crippen LogP contribution in [0.3, 0.4) is 0 Å². The van der Waals surface area contributed by atoms with E-state index in [0.717, 1.165) is 37.3 Å². The Balaban J connectivity index is 1.23. The fraction of sp³-hybridized carbons (Fsp3) is 0. The molecule has 0 amide bonds. The topological polar surface area (TPSA) is 30.7 Å². The van der Waals surface area contributed by atoms with Crippen molar-refractivity contribution in [2.24, 2.45) is 0 Å². The molecular formula is C50H25ClFN3S2. The second-order valence-electron chi connectivity index (χ2n) is 14.7. The lowest BCUT2D eigenvalue weighted by molar-refractivity contribution is 0.630. The minimum absolute atomic E-state index is 0.291. The van der Waals surface area contributed by atoms with Crippen molar-refractivity contribution >= 4 is 140 Å². The number of fused-ring (bicyclic) bond motifs is 18. The molecule has 0 atom stereocenters. The predicted molar refractivity (Wildman–Crippen MR) is 243 cm³/mol. The number of benzene rings is 9. The molecule has 0 radical (unpaired) electrons. The molecule has 0 saturated heterocycles. The summed E-state index contributed by atoms with van der Waals surface area (Å²) < 4.78 is 21.6. The van der Waals surface area contributed by atoms with Crippen molar-refractivity contribution in [1.29, 1.82) is 0 Å². The van der Waals surface area contributed by atoms with E-state index in [9.17, 15) is 4.39 Å². The van der Waals surface area contributed by atoms with Gasteiger partial charge in [0.1, 0.15) is 5.82 Å². The highest BCUT2D eigenvalue weighted by Gasteiger charge is 2.25. The summed E-state index contributed by atoms with van der Waals surface area (Å²) in [4.78, 5) is 10.3. The molecule has 0 aliphatic rings. The Morgan fingerprint density at radius 2 is 1.28 bits per heavy atom. The maximum absolute atomic E-state index is 14.4. The largest absolute Gasteiger partial charge is 0.290 e. The van der Waals surface area contributed by atoms with Crippen molar-refractivity contribution in [2.75, 3.05) is 0 Å². The Labute approximate surface area is 336 Å². The average Bonchev–Trinajstić information content (AvgIpc) is 3.94. The molecule has 57 heavy (non-hydrogen) atoms. The number of aromatic nitrogens is 3. The molecule has 9 aromatic carbocycles. The van der Waals surface area contributed by atoms with Crippen LogP contribution in [-0.2, 0) is 0 Å². The normalized spacial score (nSPS) is 12.4. The van der Waals surface area contributed by atoms with Crippen LogP contribution < -0.4 is 0 Å². The number of hydrogen-bond donors (Lipinski definition) is 0. The lowest BCUT2D eigenvalue weighted by Crippen LogP contribution is -2.02. The van der Waals surface area contributed by atoms with Crippen LogP contribution in [0.1, 0.15) is 0 Å². The molecule has 0 unspecified atom stereocenters. The van der Waals surface area contributed by atoms with Crippen molar-refractivity contribution in [2.45, 2.75) is 0 Å². The van der Waals surface area contributed by atoms with Crippen molar-refractivity contribution in [3.63, 3.8) is 0 Å². The number of rotatable bonds is 2. The predicted octanol–water partition coefficient (Wildman–Crippen LogP) is 15.4. The second-order valence-corrected chi connectivity index (χ2v) is 17.2. The van der Waals surface area contributed by atoms with Crippen molar-refractivity contribution in [3.05, 3.63) is 163 Å². The van der Waals surface area contributed by atoms with Crippen LogP contribution in [-0.4, -0.2) is 14.5 Å². The van der Waals surface area contributed by atoms with Gasteiger partial charge in [-0.25, -0.2) is 14.4 Å². The number of nitrogens with zero attached hydrogens (tertiary/aromatic N) is 3. The summed E-state index contributed by atoms with van der Waals surface area (Å²) in [5, 5.41) is 14.0. The Hall–Kier alpha value is -6.44. The summed E-state index contributed by atoms with van der Waals surface area (Å²) in [6.45, 7) is 0. The second kappa shape index (κ2) is 11.6. The lowest BCUT2D eigenvalue weighted by atomic mass is 9.93. The molecule has 0 aliphatic heterocycles. The van der Waals surface area contributed by atoms with Crippen LogP contribution in [0, 0.1) is 5.82 Å². The van der Waals surface area contributed by atoms with Crippen LogP contribution in [0.2, 0.25) is 5.15 Å². The summed E-state index contributed by atoms with van der Waals surface area (Å²) >= 11 is 10.9. The van der Waals surface area contributed by atoms with E-state index >= 15 is 0 Å². The van der Waals surface area contributed by atoms with Gasteiger partial charge in [0.2, 0.25) is 0 Å². The lowest BCUT2D eigenvalue weighted by Gasteiger charge is -2.13. The van der Waals surface area contributed by atoms with E-state index in [2.05, 4.69) is 126 Å². The number of para-hydroxylation sites is 1.